The van der Waals surface area contributed by atoms with Gasteiger partial charge in [-0.3, -0.25) is 0 Å². The van der Waals surface area contributed by atoms with Gasteiger partial charge < -0.3 is 10.0 Å². The van der Waals surface area contributed by atoms with Crippen molar-refractivity contribution in [2.75, 3.05) is 18.0 Å². The quantitative estimate of drug-likeness (QED) is 0.609. The van der Waals surface area contributed by atoms with Gasteiger partial charge in [-0.25, -0.2) is 0 Å². The van der Waals surface area contributed by atoms with E-state index in [4.69, 9.17) is 5.11 Å². The maximum atomic E-state index is 8.93. The second-order valence-corrected chi connectivity index (χ2v) is 3.09. The first-order valence-corrected chi connectivity index (χ1v) is 3.93. The number of anilines is 1. The van der Waals surface area contributed by atoms with E-state index in [0.29, 0.717) is 13.1 Å². The summed E-state index contributed by atoms with van der Waals surface area (Å²) in [6.45, 7) is 1.41. The highest BCUT2D eigenvalue weighted by Gasteiger charge is 2.26. The van der Waals surface area contributed by atoms with E-state index in [1.165, 1.54) is 11.3 Å². The Morgan fingerprint density at radius 3 is 3.00 bits per heavy atom. The highest BCUT2D eigenvalue weighted by Crippen LogP contribution is 2.21. The summed E-state index contributed by atoms with van der Waals surface area (Å²) in [4.78, 5) is 2.00. The molecule has 1 N–H and O–H groups in total. The lowest BCUT2D eigenvalue weighted by Crippen LogP contribution is -2.50. The third-order valence-electron chi connectivity index (χ3n) is 1.48. The molecular formula is C5H7N3OS. The van der Waals surface area contributed by atoms with Crippen LogP contribution in [0.4, 0.5) is 5.13 Å². The molecule has 0 aromatic carbocycles. The summed E-state index contributed by atoms with van der Waals surface area (Å²) < 4.78 is 0. The Bertz CT molecular complexity index is 207. The molecule has 1 aromatic rings. The van der Waals surface area contributed by atoms with Gasteiger partial charge in [0.1, 0.15) is 5.51 Å². The van der Waals surface area contributed by atoms with Crippen LogP contribution in [-0.2, 0) is 0 Å². The van der Waals surface area contributed by atoms with E-state index in [0.717, 1.165) is 5.13 Å². The SMILES string of the molecule is OC1CN(c2nncs2)C1. The molecule has 1 fully saturated rings. The smallest absolute Gasteiger partial charge is 0.208 e. The minimum Gasteiger partial charge on any atom is -0.389 e. The molecule has 1 aromatic heterocycles. The van der Waals surface area contributed by atoms with Crippen LogP contribution in [0.5, 0.6) is 0 Å². The van der Waals surface area contributed by atoms with Crippen LogP contribution >= 0.6 is 11.3 Å². The van der Waals surface area contributed by atoms with Gasteiger partial charge in [0, 0.05) is 13.1 Å². The zero-order valence-corrected chi connectivity index (χ0v) is 6.08. The van der Waals surface area contributed by atoms with Crippen molar-refractivity contribution in [3.05, 3.63) is 5.51 Å². The highest BCUT2D eigenvalue weighted by molar-refractivity contribution is 7.13. The topological polar surface area (TPSA) is 49.2 Å². The number of nitrogens with zero attached hydrogens (tertiary/aromatic N) is 3. The molecule has 0 spiro atoms. The fourth-order valence-corrected chi connectivity index (χ4v) is 1.50. The lowest BCUT2D eigenvalue weighted by molar-refractivity contribution is 0.141. The van der Waals surface area contributed by atoms with Gasteiger partial charge in [0.25, 0.3) is 0 Å². The Hall–Kier alpha value is -0.680. The van der Waals surface area contributed by atoms with E-state index in [1.54, 1.807) is 5.51 Å². The second-order valence-electron chi connectivity index (χ2n) is 2.28. The molecule has 1 aliphatic heterocycles. The molecule has 1 aliphatic rings. The Morgan fingerprint density at radius 2 is 2.50 bits per heavy atom. The van der Waals surface area contributed by atoms with Crippen molar-refractivity contribution in [3.63, 3.8) is 0 Å². The number of aromatic nitrogens is 2. The molecule has 0 saturated carbocycles. The highest BCUT2D eigenvalue weighted by atomic mass is 32.1. The van der Waals surface area contributed by atoms with Crippen LogP contribution < -0.4 is 4.90 Å². The van der Waals surface area contributed by atoms with Crippen LogP contribution in [0.1, 0.15) is 0 Å². The van der Waals surface area contributed by atoms with Gasteiger partial charge >= 0.3 is 0 Å². The third-order valence-corrected chi connectivity index (χ3v) is 2.23. The summed E-state index contributed by atoms with van der Waals surface area (Å²) in [6.07, 6.45) is -0.163. The molecule has 4 nitrogen and oxygen atoms in total. The summed E-state index contributed by atoms with van der Waals surface area (Å²) in [5.74, 6) is 0. The van der Waals surface area contributed by atoms with E-state index in [-0.39, 0.29) is 6.10 Å². The Kier molecular flexibility index (Phi) is 1.32. The average Bonchev–Trinajstić information content (AvgIpc) is 2.31. The van der Waals surface area contributed by atoms with Gasteiger partial charge in [-0.15, -0.1) is 10.2 Å². The number of β-amino-alcohol motifs (C(OH)–C–C–N with tert-alkyl or cyclic N) is 1. The molecule has 0 amide bonds. The zero-order chi connectivity index (χ0) is 6.97. The first-order valence-electron chi connectivity index (χ1n) is 3.05. The summed E-state index contributed by atoms with van der Waals surface area (Å²) in [5.41, 5.74) is 1.69. The molecule has 0 bridgehead atoms. The van der Waals surface area contributed by atoms with Crippen LogP contribution in [0.3, 0.4) is 0 Å². The first kappa shape index (κ1) is 6.06. The average molecular weight is 157 g/mol. The van der Waals surface area contributed by atoms with Gasteiger partial charge in [0.15, 0.2) is 0 Å². The molecule has 54 valence electrons. The van der Waals surface area contributed by atoms with Gasteiger partial charge in [-0.1, -0.05) is 11.3 Å². The molecule has 5 heteroatoms. The Balaban J connectivity index is 2.04. The molecule has 1 saturated heterocycles. The summed E-state index contributed by atoms with van der Waals surface area (Å²) >= 11 is 1.50. The molecule has 0 unspecified atom stereocenters. The van der Waals surface area contributed by atoms with Crippen molar-refractivity contribution in [2.24, 2.45) is 0 Å². The minimum atomic E-state index is -0.163. The van der Waals surface area contributed by atoms with Gasteiger partial charge in [0.2, 0.25) is 5.13 Å². The van der Waals surface area contributed by atoms with Crippen molar-refractivity contribution in [3.8, 4) is 0 Å². The van der Waals surface area contributed by atoms with Crippen LogP contribution in [0, 0.1) is 0 Å². The summed E-state index contributed by atoms with van der Waals surface area (Å²) in [5, 5.41) is 17.4. The van der Waals surface area contributed by atoms with Gasteiger partial charge in [-0.2, -0.15) is 0 Å². The molecule has 2 heterocycles. The van der Waals surface area contributed by atoms with Crippen molar-refractivity contribution in [2.45, 2.75) is 6.10 Å². The predicted octanol–water partition coefficient (Wildman–Crippen LogP) is -0.281. The first-order chi connectivity index (χ1) is 4.86. The zero-order valence-electron chi connectivity index (χ0n) is 5.27. The van der Waals surface area contributed by atoms with E-state index in [2.05, 4.69) is 10.2 Å². The van der Waals surface area contributed by atoms with Crippen LogP contribution in [-0.4, -0.2) is 34.5 Å². The molecular weight excluding hydrogens is 150 g/mol. The summed E-state index contributed by atoms with van der Waals surface area (Å²) in [7, 11) is 0. The van der Waals surface area contributed by atoms with E-state index < -0.39 is 0 Å². The van der Waals surface area contributed by atoms with Crippen molar-refractivity contribution in [1.29, 1.82) is 0 Å². The van der Waals surface area contributed by atoms with Gasteiger partial charge in [-0.05, 0) is 0 Å². The van der Waals surface area contributed by atoms with Crippen molar-refractivity contribution >= 4 is 16.5 Å². The van der Waals surface area contributed by atoms with Crippen LogP contribution in [0.15, 0.2) is 5.51 Å². The summed E-state index contributed by atoms with van der Waals surface area (Å²) in [6, 6.07) is 0. The lowest BCUT2D eigenvalue weighted by atomic mass is 10.2. The van der Waals surface area contributed by atoms with E-state index in [9.17, 15) is 0 Å². The largest absolute Gasteiger partial charge is 0.389 e. The number of hydrogen-bond donors (Lipinski definition) is 1. The van der Waals surface area contributed by atoms with E-state index in [1.807, 2.05) is 4.90 Å². The van der Waals surface area contributed by atoms with E-state index >= 15 is 0 Å². The molecule has 0 atom stereocenters. The predicted molar refractivity (Wildman–Crippen MR) is 38.1 cm³/mol. The third kappa shape index (κ3) is 0.871. The molecule has 10 heavy (non-hydrogen) atoms. The second kappa shape index (κ2) is 2.17. The molecule has 0 aliphatic carbocycles. The standard InChI is InChI=1S/C5H7N3OS/c9-4-1-8(2-4)5-7-6-3-10-5/h3-4,9H,1-2H2. The maximum Gasteiger partial charge on any atom is 0.208 e. The van der Waals surface area contributed by atoms with Gasteiger partial charge in [0.05, 0.1) is 6.10 Å². The Morgan fingerprint density at radius 1 is 1.70 bits per heavy atom. The molecule has 2 rings (SSSR count). The fraction of sp³-hybridized carbons (Fsp3) is 0.600. The minimum absolute atomic E-state index is 0.163. The molecule has 0 radical (unpaired) electrons. The normalized spacial score (nSPS) is 19.1. The lowest BCUT2D eigenvalue weighted by Gasteiger charge is -2.34. The number of aliphatic hydroxyl groups excluding tert-OH is 1. The maximum absolute atomic E-state index is 8.93. The van der Waals surface area contributed by atoms with Crippen LogP contribution in [0.25, 0.3) is 0 Å². The number of aliphatic hydroxyl groups is 1. The number of hydrogen-bond acceptors (Lipinski definition) is 5. The van der Waals surface area contributed by atoms with Crippen LogP contribution in [0.2, 0.25) is 0 Å². The monoisotopic (exact) mass is 157 g/mol. The number of rotatable bonds is 1. The fourth-order valence-electron chi connectivity index (χ4n) is 0.917. The Labute approximate surface area is 62.1 Å². The van der Waals surface area contributed by atoms with Crippen molar-refractivity contribution in [1.82, 2.24) is 10.2 Å². The van der Waals surface area contributed by atoms with Crippen molar-refractivity contribution < 1.29 is 5.11 Å².